The molecular formula is C33H44FN5O6. The molecule has 11 nitrogen and oxygen atoms in total. The highest BCUT2D eigenvalue weighted by atomic mass is 19.1. The maximum absolute atomic E-state index is 15.3. The molecule has 0 unspecified atom stereocenters. The molecule has 1 aromatic rings. The minimum absolute atomic E-state index is 0.00124. The minimum Gasteiger partial charge on any atom is -0.472 e. The van der Waals surface area contributed by atoms with Crippen LogP contribution in [0.1, 0.15) is 73.1 Å². The molecule has 2 N–H and O–H groups in total. The standard InChI is InChI=1S/C33H44FN5O6/c1-6-32(9-10-32)45-30(43)36-25(31(3,4)5)28(41)38-15-20-18-12-19(21(34)13-18)23(20)24(38)27(40)39-16-33(14-17(39)2)29(42)37-26-22(44-33)8-7-11-35-26/h7-8,11,17-21,23-25H,6,9-10,12-16H2,1-5H3,(H,36,43)(H,35,37,42)/t17-,18+,19-,20-,21-,23+,24+,25-,33-/m1/s1. The Hall–Kier alpha value is -3.44. The van der Waals surface area contributed by atoms with Crippen molar-refractivity contribution in [3.63, 3.8) is 0 Å². The van der Waals surface area contributed by atoms with Gasteiger partial charge in [-0.1, -0.05) is 27.7 Å². The minimum atomic E-state index is -1.30. The van der Waals surface area contributed by atoms with Crippen LogP contribution >= 0.6 is 0 Å². The number of nitrogens with one attached hydrogen (secondary N) is 2. The second-order valence-corrected chi connectivity index (χ2v) is 15.4. The van der Waals surface area contributed by atoms with E-state index in [2.05, 4.69) is 15.6 Å². The van der Waals surface area contributed by atoms with Gasteiger partial charge in [0, 0.05) is 25.2 Å². The Bertz CT molecular complexity index is 1430. The fraction of sp³-hybridized carbons (Fsp3) is 0.727. The third kappa shape index (κ3) is 4.85. The summed E-state index contributed by atoms with van der Waals surface area (Å²) in [6.45, 7) is 9.79. The molecule has 9 atom stereocenters. The van der Waals surface area contributed by atoms with Crippen LogP contribution in [0.3, 0.4) is 0 Å². The molecule has 4 amide bonds. The van der Waals surface area contributed by atoms with E-state index < -0.39 is 41.0 Å². The molecule has 2 bridgehead atoms. The highest BCUT2D eigenvalue weighted by molar-refractivity contribution is 6.01. The van der Waals surface area contributed by atoms with Crippen LogP contribution in [-0.2, 0) is 19.1 Å². The van der Waals surface area contributed by atoms with Gasteiger partial charge in [-0.2, -0.15) is 0 Å². The van der Waals surface area contributed by atoms with Gasteiger partial charge in [0.1, 0.15) is 23.9 Å². The number of amides is 4. The van der Waals surface area contributed by atoms with Gasteiger partial charge in [-0.05, 0) is 80.2 Å². The number of pyridine rings is 1. The number of fused-ring (bicyclic) bond motifs is 6. The van der Waals surface area contributed by atoms with Crippen LogP contribution in [0.2, 0.25) is 0 Å². The van der Waals surface area contributed by atoms with Crippen molar-refractivity contribution in [1.82, 2.24) is 20.1 Å². The van der Waals surface area contributed by atoms with Crippen molar-refractivity contribution in [3.8, 4) is 5.75 Å². The van der Waals surface area contributed by atoms with Gasteiger partial charge in [-0.25, -0.2) is 14.2 Å². The van der Waals surface area contributed by atoms with Crippen LogP contribution in [0.25, 0.3) is 0 Å². The monoisotopic (exact) mass is 625 g/mol. The molecule has 45 heavy (non-hydrogen) atoms. The molecular weight excluding hydrogens is 581 g/mol. The molecule has 7 rings (SSSR count). The van der Waals surface area contributed by atoms with Crippen molar-refractivity contribution in [2.75, 3.05) is 18.4 Å². The molecule has 0 aromatic carbocycles. The number of alkyl carbamates (subject to hydrolysis) is 1. The fourth-order valence-corrected chi connectivity index (χ4v) is 8.91. The van der Waals surface area contributed by atoms with Crippen LogP contribution in [0, 0.1) is 29.1 Å². The summed E-state index contributed by atoms with van der Waals surface area (Å²) in [6.07, 6.45) is 3.63. The number of nitrogens with zero attached hydrogens (tertiary/aromatic N) is 3. The second kappa shape index (κ2) is 10.3. The summed E-state index contributed by atoms with van der Waals surface area (Å²) >= 11 is 0. The number of rotatable bonds is 5. The lowest BCUT2D eigenvalue weighted by molar-refractivity contribution is -0.149. The fourth-order valence-electron chi connectivity index (χ4n) is 8.91. The van der Waals surface area contributed by atoms with Crippen molar-refractivity contribution in [2.24, 2.45) is 29.1 Å². The maximum atomic E-state index is 15.3. The first-order chi connectivity index (χ1) is 21.3. The quantitative estimate of drug-likeness (QED) is 0.511. The summed E-state index contributed by atoms with van der Waals surface area (Å²) < 4.78 is 27.3. The number of likely N-dealkylation sites (tertiary alicyclic amines) is 2. The zero-order valence-electron chi connectivity index (χ0n) is 26.7. The summed E-state index contributed by atoms with van der Waals surface area (Å²) in [5, 5.41) is 5.68. The van der Waals surface area contributed by atoms with Crippen molar-refractivity contribution in [3.05, 3.63) is 18.3 Å². The molecule has 1 spiro atoms. The lowest BCUT2D eigenvalue weighted by Crippen LogP contribution is -2.60. The van der Waals surface area contributed by atoms with Crippen molar-refractivity contribution >= 4 is 29.6 Å². The summed E-state index contributed by atoms with van der Waals surface area (Å²) in [5.41, 5.74) is -2.46. The van der Waals surface area contributed by atoms with Gasteiger partial charge in [0.25, 0.3) is 5.91 Å². The molecule has 3 aliphatic heterocycles. The SMILES string of the molecule is CCC1(OC(=O)N[C@H](C(=O)N2C[C@@H]3[C@H]4C[C@@H]([C@@H]3[C@H]2C(=O)N2C[C@@]3(C[C@H]2C)Oc2cccnc2NC3=O)[C@H](F)C4)C(C)(C)C)CC1. The lowest BCUT2D eigenvalue weighted by atomic mass is 9.77. The Morgan fingerprint density at radius 2 is 1.98 bits per heavy atom. The van der Waals surface area contributed by atoms with Crippen LogP contribution in [0.15, 0.2) is 18.3 Å². The van der Waals surface area contributed by atoms with E-state index in [1.54, 1.807) is 28.1 Å². The largest absolute Gasteiger partial charge is 0.472 e. The molecule has 1 aromatic heterocycles. The predicted octanol–water partition coefficient (Wildman–Crippen LogP) is 3.68. The smallest absolute Gasteiger partial charge is 0.408 e. The first-order valence-electron chi connectivity index (χ1n) is 16.5. The van der Waals surface area contributed by atoms with Gasteiger partial charge >= 0.3 is 6.09 Å². The van der Waals surface area contributed by atoms with Gasteiger partial charge in [-0.3, -0.25) is 14.4 Å². The van der Waals surface area contributed by atoms with E-state index in [9.17, 15) is 19.2 Å². The van der Waals surface area contributed by atoms with Gasteiger partial charge in [0.05, 0.1) is 6.54 Å². The number of carbonyl (C=O) groups is 4. The molecule has 2 saturated heterocycles. The van der Waals surface area contributed by atoms with Crippen molar-refractivity contribution in [1.29, 1.82) is 0 Å². The average molecular weight is 626 g/mol. The third-order valence-electron chi connectivity index (χ3n) is 11.5. The number of hydrogen-bond donors (Lipinski definition) is 2. The van der Waals surface area contributed by atoms with E-state index in [1.807, 2.05) is 34.6 Å². The lowest BCUT2D eigenvalue weighted by Gasteiger charge is -2.39. The van der Waals surface area contributed by atoms with Crippen LogP contribution in [0.4, 0.5) is 15.0 Å². The Morgan fingerprint density at radius 3 is 2.67 bits per heavy atom. The molecule has 5 fully saturated rings. The molecule has 3 saturated carbocycles. The van der Waals surface area contributed by atoms with Crippen molar-refractivity contribution < 1.29 is 33.0 Å². The molecule has 6 aliphatic rings. The topological polar surface area (TPSA) is 130 Å². The molecule has 4 heterocycles. The molecule has 244 valence electrons. The summed E-state index contributed by atoms with van der Waals surface area (Å²) in [7, 11) is 0. The van der Waals surface area contributed by atoms with Crippen LogP contribution in [-0.4, -0.2) is 87.2 Å². The van der Waals surface area contributed by atoms with E-state index in [0.29, 0.717) is 37.4 Å². The van der Waals surface area contributed by atoms with Crippen molar-refractivity contribution in [2.45, 2.75) is 109 Å². The average Bonchev–Trinajstić information content (AvgIpc) is 3.25. The van der Waals surface area contributed by atoms with Crippen LogP contribution in [0.5, 0.6) is 5.75 Å². The molecule has 12 heteroatoms. The van der Waals surface area contributed by atoms with E-state index >= 15 is 4.39 Å². The van der Waals surface area contributed by atoms with E-state index in [1.165, 1.54) is 0 Å². The number of hydrogen-bond acceptors (Lipinski definition) is 7. The summed E-state index contributed by atoms with van der Waals surface area (Å²) in [4.78, 5) is 63.1. The van der Waals surface area contributed by atoms with E-state index in [-0.39, 0.29) is 60.4 Å². The zero-order valence-corrected chi connectivity index (χ0v) is 26.7. The van der Waals surface area contributed by atoms with E-state index in [0.717, 1.165) is 12.8 Å². The second-order valence-electron chi connectivity index (χ2n) is 15.4. The van der Waals surface area contributed by atoms with E-state index in [4.69, 9.17) is 9.47 Å². The molecule has 0 radical (unpaired) electrons. The van der Waals surface area contributed by atoms with Gasteiger partial charge in [-0.15, -0.1) is 0 Å². The zero-order chi connectivity index (χ0) is 32.1. The highest BCUT2D eigenvalue weighted by Crippen LogP contribution is 2.59. The first-order valence-corrected chi connectivity index (χ1v) is 16.5. The first kappa shape index (κ1) is 30.2. The van der Waals surface area contributed by atoms with Crippen LogP contribution < -0.4 is 15.4 Å². The number of anilines is 1. The third-order valence-corrected chi connectivity index (χ3v) is 11.5. The Kier molecular flexibility index (Phi) is 6.91. The Labute approximate surface area is 262 Å². The molecule has 3 aliphatic carbocycles. The number of aromatic nitrogens is 1. The van der Waals surface area contributed by atoms with Gasteiger partial charge in [0.15, 0.2) is 11.6 Å². The predicted molar refractivity (Wildman–Crippen MR) is 161 cm³/mol. The highest BCUT2D eigenvalue weighted by Gasteiger charge is 2.65. The number of alkyl halides is 1. The number of halogens is 1. The Morgan fingerprint density at radius 1 is 1.22 bits per heavy atom. The number of ether oxygens (including phenoxy) is 2. The van der Waals surface area contributed by atoms with Gasteiger partial charge < -0.3 is 29.9 Å². The maximum Gasteiger partial charge on any atom is 0.408 e. The normalized spacial score (nSPS) is 36.2. The summed E-state index contributed by atoms with van der Waals surface area (Å²) in [5.74, 6) is -0.789. The number of carbonyl (C=O) groups excluding carboxylic acids is 4. The Balaban J connectivity index is 1.17. The summed E-state index contributed by atoms with van der Waals surface area (Å²) in [6, 6.07) is 1.23. The van der Waals surface area contributed by atoms with Gasteiger partial charge in [0.2, 0.25) is 17.4 Å².